The topological polar surface area (TPSA) is 44.1 Å². The van der Waals surface area contributed by atoms with E-state index in [0.717, 1.165) is 19.5 Å². The van der Waals surface area contributed by atoms with E-state index in [2.05, 4.69) is 13.8 Å². The second-order valence-electron chi connectivity index (χ2n) is 4.42. The molecule has 0 aromatic heterocycles. The van der Waals surface area contributed by atoms with Crippen molar-refractivity contribution in [3.63, 3.8) is 0 Å². The van der Waals surface area contributed by atoms with Gasteiger partial charge in [0.05, 0.1) is 6.07 Å². The Morgan fingerprint density at radius 2 is 2.31 bits per heavy atom. The highest BCUT2D eigenvalue weighted by Gasteiger charge is 2.28. The fourth-order valence-electron chi connectivity index (χ4n) is 1.82. The van der Waals surface area contributed by atoms with E-state index < -0.39 is 0 Å². The number of hydrogen-bond donors (Lipinski definition) is 0. The van der Waals surface area contributed by atoms with Gasteiger partial charge < -0.3 is 4.90 Å². The van der Waals surface area contributed by atoms with Crippen molar-refractivity contribution in [1.29, 1.82) is 5.26 Å². The fourth-order valence-corrected chi connectivity index (χ4v) is 1.82. The van der Waals surface area contributed by atoms with Crippen LogP contribution in [0.4, 0.5) is 0 Å². The number of carbonyl (C=O) groups excluding carboxylic acids is 1. The molecule has 0 aliphatic carbocycles. The molecule has 0 radical (unpaired) electrons. The summed E-state index contributed by atoms with van der Waals surface area (Å²) in [5.74, 6) is -0.0183. The van der Waals surface area contributed by atoms with Crippen molar-refractivity contribution in [3.8, 4) is 6.07 Å². The normalized spacial score (nSPS) is 20.8. The van der Waals surface area contributed by atoms with Crippen molar-refractivity contribution in [2.24, 2.45) is 5.41 Å². The van der Waals surface area contributed by atoms with Crippen molar-refractivity contribution in [2.75, 3.05) is 13.1 Å². The standard InChI is InChI=1S/C10H16N2O/c1-10(2)5-3-7-12(8-10)9(13)4-6-11/h3-5,7-8H2,1-2H3. The first-order valence-electron chi connectivity index (χ1n) is 4.70. The number of nitrogens with zero attached hydrogens (tertiary/aromatic N) is 2. The van der Waals surface area contributed by atoms with E-state index in [1.165, 1.54) is 6.42 Å². The molecule has 0 atom stereocenters. The summed E-state index contributed by atoms with van der Waals surface area (Å²) in [6, 6.07) is 1.90. The Morgan fingerprint density at radius 3 is 2.85 bits per heavy atom. The zero-order chi connectivity index (χ0) is 9.90. The molecule has 13 heavy (non-hydrogen) atoms. The zero-order valence-corrected chi connectivity index (χ0v) is 8.34. The Hall–Kier alpha value is -1.04. The van der Waals surface area contributed by atoms with E-state index in [4.69, 9.17) is 5.26 Å². The first-order valence-corrected chi connectivity index (χ1v) is 4.70. The summed E-state index contributed by atoms with van der Waals surface area (Å²) in [6.07, 6.45) is 2.25. The third-order valence-electron chi connectivity index (χ3n) is 2.48. The minimum atomic E-state index is -0.0183. The molecule has 3 heteroatoms. The SMILES string of the molecule is CC1(C)CCCN(C(=O)CC#N)C1. The molecule has 1 aliphatic rings. The molecule has 1 aliphatic heterocycles. The molecule has 1 heterocycles. The molecular formula is C10H16N2O. The Labute approximate surface area is 79.3 Å². The first-order chi connectivity index (χ1) is 6.05. The van der Waals surface area contributed by atoms with Crippen molar-refractivity contribution >= 4 is 5.91 Å². The Kier molecular flexibility index (Phi) is 2.92. The zero-order valence-electron chi connectivity index (χ0n) is 8.34. The van der Waals surface area contributed by atoms with Gasteiger partial charge in [-0.2, -0.15) is 5.26 Å². The van der Waals surface area contributed by atoms with Gasteiger partial charge in [-0.05, 0) is 18.3 Å². The van der Waals surface area contributed by atoms with Crippen LogP contribution in [0.25, 0.3) is 0 Å². The van der Waals surface area contributed by atoms with Gasteiger partial charge >= 0.3 is 0 Å². The minimum absolute atomic E-state index is 0.0183. The molecule has 0 aromatic carbocycles. The van der Waals surface area contributed by atoms with Gasteiger partial charge in [-0.25, -0.2) is 0 Å². The van der Waals surface area contributed by atoms with Gasteiger partial charge in [0.2, 0.25) is 5.91 Å². The molecule has 1 fully saturated rings. The van der Waals surface area contributed by atoms with Gasteiger partial charge in [-0.3, -0.25) is 4.79 Å². The van der Waals surface area contributed by atoms with Gasteiger partial charge in [-0.1, -0.05) is 13.8 Å². The van der Waals surface area contributed by atoms with Crippen LogP contribution in [0.2, 0.25) is 0 Å². The molecular weight excluding hydrogens is 164 g/mol. The monoisotopic (exact) mass is 180 g/mol. The predicted molar refractivity (Wildman–Crippen MR) is 49.8 cm³/mol. The van der Waals surface area contributed by atoms with Crippen LogP contribution >= 0.6 is 0 Å². The molecule has 3 nitrogen and oxygen atoms in total. The molecule has 0 unspecified atom stereocenters. The summed E-state index contributed by atoms with van der Waals surface area (Å²) in [4.78, 5) is 13.2. The van der Waals surface area contributed by atoms with Gasteiger partial charge in [0.1, 0.15) is 6.42 Å². The summed E-state index contributed by atoms with van der Waals surface area (Å²) in [5.41, 5.74) is 0.226. The number of rotatable bonds is 1. The van der Waals surface area contributed by atoms with Crippen molar-refractivity contribution < 1.29 is 4.79 Å². The first kappa shape index (κ1) is 10.0. The molecule has 0 bridgehead atoms. The lowest BCUT2D eigenvalue weighted by Crippen LogP contribution is -2.43. The summed E-state index contributed by atoms with van der Waals surface area (Å²) < 4.78 is 0. The van der Waals surface area contributed by atoms with Crippen molar-refractivity contribution in [2.45, 2.75) is 33.1 Å². The van der Waals surface area contributed by atoms with E-state index in [9.17, 15) is 4.79 Å². The number of likely N-dealkylation sites (tertiary alicyclic amines) is 1. The smallest absolute Gasteiger partial charge is 0.236 e. The predicted octanol–water partition coefficient (Wildman–Crippen LogP) is 1.55. The molecule has 1 amide bonds. The lowest BCUT2D eigenvalue weighted by molar-refractivity contribution is -0.133. The number of carbonyl (C=O) groups is 1. The van der Waals surface area contributed by atoms with Gasteiger partial charge in [-0.15, -0.1) is 0 Å². The molecule has 0 aromatic rings. The number of piperidine rings is 1. The van der Waals surface area contributed by atoms with Crippen LogP contribution in [0.5, 0.6) is 0 Å². The molecule has 1 saturated heterocycles. The molecule has 0 spiro atoms. The van der Waals surface area contributed by atoms with E-state index >= 15 is 0 Å². The van der Waals surface area contributed by atoms with E-state index in [-0.39, 0.29) is 17.7 Å². The van der Waals surface area contributed by atoms with Gasteiger partial charge in [0, 0.05) is 13.1 Å². The van der Waals surface area contributed by atoms with E-state index in [0.29, 0.717) is 0 Å². The highest BCUT2D eigenvalue weighted by atomic mass is 16.2. The lowest BCUT2D eigenvalue weighted by atomic mass is 9.84. The van der Waals surface area contributed by atoms with Crippen LogP contribution in [-0.4, -0.2) is 23.9 Å². The average Bonchev–Trinajstić information content (AvgIpc) is 2.03. The van der Waals surface area contributed by atoms with Crippen molar-refractivity contribution in [1.82, 2.24) is 4.90 Å². The average molecular weight is 180 g/mol. The number of hydrogen-bond acceptors (Lipinski definition) is 2. The molecule has 0 N–H and O–H groups in total. The van der Waals surface area contributed by atoms with Crippen LogP contribution in [0, 0.1) is 16.7 Å². The fraction of sp³-hybridized carbons (Fsp3) is 0.800. The second-order valence-corrected chi connectivity index (χ2v) is 4.42. The van der Waals surface area contributed by atoms with E-state index in [1.807, 2.05) is 11.0 Å². The Bertz CT molecular complexity index is 240. The van der Waals surface area contributed by atoms with Crippen LogP contribution in [0.1, 0.15) is 33.1 Å². The summed E-state index contributed by atoms with van der Waals surface area (Å²) in [7, 11) is 0. The third-order valence-corrected chi connectivity index (χ3v) is 2.48. The molecule has 0 saturated carbocycles. The summed E-state index contributed by atoms with van der Waals surface area (Å²) >= 11 is 0. The largest absolute Gasteiger partial charge is 0.341 e. The van der Waals surface area contributed by atoms with Gasteiger partial charge in [0.15, 0.2) is 0 Å². The van der Waals surface area contributed by atoms with E-state index in [1.54, 1.807) is 0 Å². The minimum Gasteiger partial charge on any atom is -0.341 e. The maximum absolute atomic E-state index is 11.4. The summed E-state index contributed by atoms with van der Waals surface area (Å²) in [6.45, 7) is 5.95. The quantitative estimate of drug-likeness (QED) is 0.614. The highest BCUT2D eigenvalue weighted by Crippen LogP contribution is 2.28. The van der Waals surface area contributed by atoms with Crippen LogP contribution in [-0.2, 0) is 4.79 Å². The highest BCUT2D eigenvalue weighted by molar-refractivity contribution is 5.78. The van der Waals surface area contributed by atoms with Gasteiger partial charge in [0.25, 0.3) is 0 Å². The maximum atomic E-state index is 11.4. The maximum Gasteiger partial charge on any atom is 0.236 e. The van der Waals surface area contributed by atoms with Crippen molar-refractivity contribution in [3.05, 3.63) is 0 Å². The molecule has 72 valence electrons. The Balaban J connectivity index is 2.53. The second kappa shape index (κ2) is 3.78. The summed E-state index contributed by atoms with van der Waals surface area (Å²) in [5, 5.41) is 8.40. The lowest BCUT2D eigenvalue weighted by Gasteiger charge is -2.37. The Morgan fingerprint density at radius 1 is 1.62 bits per heavy atom. The van der Waals surface area contributed by atoms with Crippen LogP contribution in [0.3, 0.4) is 0 Å². The third kappa shape index (κ3) is 2.73. The molecule has 1 rings (SSSR count). The number of nitriles is 1. The van der Waals surface area contributed by atoms with Crippen LogP contribution < -0.4 is 0 Å². The van der Waals surface area contributed by atoms with Crippen LogP contribution in [0.15, 0.2) is 0 Å². The number of amides is 1.